The third-order valence-electron chi connectivity index (χ3n) is 6.25. The van der Waals surface area contributed by atoms with E-state index in [1.165, 1.54) is 0 Å². The van der Waals surface area contributed by atoms with Gasteiger partial charge in [0.25, 0.3) is 0 Å². The third kappa shape index (κ3) is 5.98. The van der Waals surface area contributed by atoms with E-state index in [-0.39, 0.29) is 24.3 Å². The Morgan fingerprint density at radius 2 is 1.67 bits per heavy atom. The number of nitrogens with zero attached hydrogens (tertiary/aromatic N) is 3. The Hall–Kier alpha value is -2.70. The summed E-state index contributed by atoms with van der Waals surface area (Å²) >= 11 is 5.20. The van der Waals surface area contributed by atoms with Crippen LogP contribution in [0, 0.1) is 4.77 Å². The van der Waals surface area contributed by atoms with Crippen LogP contribution in [0.5, 0.6) is 0 Å². The second-order valence-corrected chi connectivity index (χ2v) is 9.12. The molecule has 0 amide bonds. The standard InChI is InChI=1S/C24H24F6N4OS/c1-33-20(31-32-22(33)36)13-34-9-5-8-19(21(34)16-6-3-2-4-7-16)35-14-15-10-17(23(25,26)27)12-18(11-15)24(28,29)30/h2-4,6-7,10-12,19,21H,5,8-9,13-14H2,1H3,(H,32,36). The van der Waals surface area contributed by atoms with Crippen molar-refractivity contribution in [2.75, 3.05) is 6.54 Å². The van der Waals surface area contributed by atoms with Crippen molar-refractivity contribution in [3.63, 3.8) is 0 Å². The molecule has 1 fully saturated rings. The molecule has 0 aliphatic carbocycles. The summed E-state index contributed by atoms with van der Waals surface area (Å²) in [7, 11) is 1.79. The molecule has 1 aliphatic heterocycles. The maximum atomic E-state index is 13.3. The molecule has 0 bridgehead atoms. The predicted molar refractivity (Wildman–Crippen MR) is 122 cm³/mol. The van der Waals surface area contributed by atoms with Gasteiger partial charge >= 0.3 is 12.4 Å². The Morgan fingerprint density at radius 1 is 1.03 bits per heavy atom. The second kappa shape index (κ2) is 10.3. The Morgan fingerprint density at radius 3 is 2.22 bits per heavy atom. The summed E-state index contributed by atoms with van der Waals surface area (Å²) in [6.45, 7) is 0.757. The molecular formula is C24H24F6N4OS. The summed E-state index contributed by atoms with van der Waals surface area (Å²) in [4.78, 5) is 2.14. The van der Waals surface area contributed by atoms with E-state index < -0.39 is 29.6 Å². The quantitative estimate of drug-likeness (QED) is 0.295. The fraction of sp³-hybridized carbons (Fsp3) is 0.417. The number of nitrogens with one attached hydrogen (secondary N) is 1. The first-order valence-electron chi connectivity index (χ1n) is 11.2. The van der Waals surface area contributed by atoms with Crippen LogP contribution in [0.4, 0.5) is 26.3 Å². The largest absolute Gasteiger partial charge is 0.416 e. The highest BCUT2D eigenvalue weighted by Gasteiger charge is 2.38. The number of ether oxygens (including phenoxy) is 1. The predicted octanol–water partition coefficient (Wildman–Crippen LogP) is 6.44. The van der Waals surface area contributed by atoms with Crippen molar-refractivity contribution in [2.45, 2.75) is 50.5 Å². The van der Waals surface area contributed by atoms with Gasteiger partial charge in [-0.1, -0.05) is 30.3 Å². The van der Waals surface area contributed by atoms with Crippen LogP contribution >= 0.6 is 12.2 Å². The van der Waals surface area contributed by atoms with Crippen LogP contribution in [-0.2, 0) is 37.3 Å². The summed E-state index contributed by atoms with van der Waals surface area (Å²) < 4.78 is 87.9. The van der Waals surface area contributed by atoms with E-state index in [4.69, 9.17) is 17.0 Å². The van der Waals surface area contributed by atoms with Crippen LogP contribution in [0.25, 0.3) is 0 Å². The van der Waals surface area contributed by atoms with Crippen molar-refractivity contribution in [3.8, 4) is 0 Å². The van der Waals surface area contributed by atoms with Gasteiger partial charge in [0.05, 0.1) is 36.4 Å². The average Bonchev–Trinajstić information content (AvgIpc) is 3.14. The molecule has 2 unspecified atom stereocenters. The van der Waals surface area contributed by atoms with E-state index in [9.17, 15) is 26.3 Å². The summed E-state index contributed by atoms with van der Waals surface area (Å²) in [6, 6.07) is 10.7. The first-order chi connectivity index (χ1) is 16.9. The number of piperidine rings is 1. The lowest BCUT2D eigenvalue weighted by atomic mass is 9.92. The molecule has 0 radical (unpaired) electrons. The molecule has 3 aromatic rings. The Labute approximate surface area is 208 Å². The van der Waals surface area contributed by atoms with Gasteiger partial charge in [0.1, 0.15) is 5.82 Å². The van der Waals surface area contributed by atoms with Gasteiger partial charge in [-0.05, 0) is 60.9 Å². The number of aromatic nitrogens is 3. The smallest absolute Gasteiger partial charge is 0.372 e. The topological polar surface area (TPSA) is 46.1 Å². The highest BCUT2D eigenvalue weighted by molar-refractivity contribution is 7.71. The van der Waals surface area contributed by atoms with Gasteiger partial charge in [0, 0.05) is 7.05 Å². The van der Waals surface area contributed by atoms with Crippen LogP contribution in [-0.4, -0.2) is 32.3 Å². The number of aromatic amines is 1. The summed E-state index contributed by atoms with van der Waals surface area (Å²) in [5, 5.41) is 7.02. The highest BCUT2D eigenvalue weighted by Crippen LogP contribution is 2.38. The number of benzene rings is 2. The van der Waals surface area contributed by atoms with Gasteiger partial charge in [0.15, 0.2) is 4.77 Å². The van der Waals surface area contributed by atoms with Crippen LogP contribution in [0.15, 0.2) is 48.5 Å². The van der Waals surface area contributed by atoms with Crippen molar-refractivity contribution in [3.05, 3.63) is 81.4 Å². The minimum atomic E-state index is -4.91. The number of halogens is 6. The lowest BCUT2D eigenvalue weighted by Crippen LogP contribution is -2.43. The minimum Gasteiger partial charge on any atom is -0.372 e. The number of likely N-dealkylation sites (tertiary alicyclic amines) is 1. The van der Waals surface area contributed by atoms with Crippen LogP contribution < -0.4 is 0 Å². The van der Waals surface area contributed by atoms with Gasteiger partial charge in [-0.25, -0.2) is 0 Å². The van der Waals surface area contributed by atoms with Crippen molar-refractivity contribution in [2.24, 2.45) is 7.05 Å². The summed E-state index contributed by atoms with van der Waals surface area (Å²) in [6.07, 6.45) is -8.95. The van der Waals surface area contributed by atoms with Crippen molar-refractivity contribution >= 4 is 12.2 Å². The number of alkyl halides is 6. The fourth-order valence-corrected chi connectivity index (χ4v) is 4.61. The summed E-state index contributed by atoms with van der Waals surface area (Å²) in [5.41, 5.74) is -1.97. The first kappa shape index (κ1) is 26.4. The molecular weight excluding hydrogens is 506 g/mol. The van der Waals surface area contributed by atoms with Crippen molar-refractivity contribution < 1.29 is 31.1 Å². The first-order valence-corrected chi connectivity index (χ1v) is 11.6. The van der Waals surface area contributed by atoms with E-state index in [1.807, 2.05) is 30.3 Å². The van der Waals surface area contributed by atoms with Crippen molar-refractivity contribution in [1.82, 2.24) is 19.7 Å². The molecule has 12 heteroatoms. The Kier molecular flexibility index (Phi) is 7.58. The molecule has 2 heterocycles. The zero-order valence-electron chi connectivity index (χ0n) is 19.2. The number of H-pyrrole nitrogens is 1. The van der Waals surface area contributed by atoms with Crippen LogP contribution in [0.3, 0.4) is 0 Å². The highest BCUT2D eigenvalue weighted by atomic mass is 32.1. The fourth-order valence-electron chi connectivity index (χ4n) is 4.46. The zero-order chi connectivity index (χ0) is 26.1. The molecule has 4 rings (SSSR count). The van der Waals surface area contributed by atoms with E-state index in [0.29, 0.717) is 42.2 Å². The SMILES string of the molecule is Cn1c(CN2CCCC(OCc3cc(C(F)(F)F)cc(C(F)(F)F)c3)C2c2ccccc2)n[nH]c1=S. The van der Waals surface area contributed by atoms with Gasteiger partial charge in [0.2, 0.25) is 0 Å². The molecule has 1 N–H and O–H groups in total. The molecule has 1 aromatic heterocycles. The molecule has 2 atom stereocenters. The number of rotatable bonds is 6. The van der Waals surface area contributed by atoms with Crippen molar-refractivity contribution in [1.29, 1.82) is 0 Å². The Bertz CT molecular complexity index is 1210. The Balaban J connectivity index is 1.61. The maximum absolute atomic E-state index is 13.3. The average molecular weight is 531 g/mol. The zero-order valence-corrected chi connectivity index (χ0v) is 20.1. The second-order valence-electron chi connectivity index (χ2n) is 8.74. The molecule has 1 saturated heterocycles. The van der Waals surface area contributed by atoms with Crippen LogP contribution in [0.1, 0.15) is 47.0 Å². The third-order valence-corrected chi connectivity index (χ3v) is 6.61. The minimum absolute atomic E-state index is 0.121. The van der Waals surface area contributed by atoms with E-state index in [0.717, 1.165) is 12.0 Å². The van der Waals surface area contributed by atoms with Gasteiger partial charge in [-0.15, -0.1) is 0 Å². The molecule has 0 saturated carbocycles. The molecule has 0 spiro atoms. The summed E-state index contributed by atoms with van der Waals surface area (Å²) in [5.74, 6) is 0.703. The molecule has 2 aromatic carbocycles. The maximum Gasteiger partial charge on any atom is 0.416 e. The van der Waals surface area contributed by atoms with Gasteiger partial charge in [-0.2, -0.15) is 31.4 Å². The molecule has 36 heavy (non-hydrogen) atoms. The lowest BCUT2D eigenvalue weighted by Gasteiger charge is -2.41. The monoisotopic (exact) mass is 530 g/mol. The number of hydrogen-bond acceptors (Lipinski definition) is 4. The molecule has 1 aliphatic rings. The molecule has 5 nitrogen and oxygen atoms in total. The van der Waals surface area contributed by atoms with E-state index in [1.54, 1.807) is 11.6 Å². The van der Waals surface area contributed by atoms with Gasteiger partial charge < -0.3 is 9.30 Å². The normalized spacial score (nSPS) is 19.5. The lowest BCUT2D eigenvalue weighted by molar-refractivity contribution is -0.143. The number of hydrogen-bond donors (Lipinski definition) is 1. The van der Waals surface area contributed by atoms with Gasteiger partial charge in [-0.3, -0.25) is 10.00 Å². The van der Waals surface area contributed by atoms with E-state index >= 15 is 0 Å². The molecule has 194 valence electrons. The van der Waals surface area contributed by atoms with E-state index in [2.05, 4.69) is 15.1 Å². The van der Waals surface area contributed by atoms with Crippen LogP contribution in [0.2, 0.25) is 0 Å².